The van der Waals surface area contributed by atoms with Crippen molar-refractivity contribution in [2.75, 3.05) is 0 Å². The number of rotatable bonds is 4. The fourth-order valence-corrected chi connectivity index (χ4v) is 12.2. The van der Waals surface area contributed by atoms with Crippen LogP contribution in [-0.4, -0.2) is 8.97 Å². The van der Waals surface area contributed by atoms with E-state index in [-0.39, 0.29) is 0 Å². The van der Waals surface area contributed by atoms with Crippen LogP contribution in [-0.2, 0) is 0 Å². The highest BCUT2D eigenvalue weighted by Gasteiger charge is 2.28. The smallest absolute Gasteiger partial charge is 0.136 e. The summed E-state index contributed by atoms with van der Waals surface area (Å²) in [5, 5.41) is 12.1. The van der Waals surface area contributed by atoms with Gasteiger partial charge in [0.25, 0.3) is 0 Å². The molecule has 0 saturated carbocycles. The van der Waals surface area contributed by atoms with Gasteiger partial charge in [-0.3, -0.25) is 0 Å². The maximum Gasteiger partial charge on any atom is 0.136 e. The van der Waals surface area contributed by atoms with Gasteiger partial charge in [0.05, 0.1) is 32.5 Å². The molecule has 0 unspecified atom stereocenters. The van der Waals surface area contributed by atoms with Gasteiger partial charge in [-0.25, -0.2) is 0 Å². The van der Waals surface area contributed by atoms with Gasteiger partial charge in [-0.2, -0.15) is 0 Å². The number of benzene rings is 9. The molecule has 0 amide bonds. The van der Waals surface area contributed by atoms with E-state index in [1.54, 1.807) is 0 Å². The maximum absolute atomic E-state index is 6.51. The molecule has 0 atom stereocenters. The number of nitrogens with zero attached hydrogens (tertiary/aromatic N) is 2. The van der Waals surface area contributed by atoms with Gasteiger partial charge in [-0.05, 0) is 77.9 Å². The molecule has 6 aromatic heterocycles. The van der Waals surface area contributed by atoms with Crippen LogP contribution in [0.4, 0.5) is 0 Å². The van der Waals surface area contributed by atoms with E-state index in [1.165, 1.54) is 97.6 Å². The van der Waals surface area contributed by atoms with Gasteiger partial charge in [0.15, 0.2) is 0 Å². The van der Waals surface area contributed by atoms with Crippen molar-refractivity contribution in [3.63, 3.8) is 0 Å². The third-order valence-electron chi connectivity index (χ3n) is 13.5. The predicted molar refractivity (Wildman–Crippen MR) is 264 cm³/mol. The quantitative estimate of drug-likeness (QED) is 0.177. The molecule has 292 valence electrons. The number of hydrogen-bond acceptors (Lipinski definition) is 3. The lowest BCUT2D eigenvalue weighted by Gasteiger charge is -2.08. The van der Waals surface area contributed by atoms with Gasteiger partial charge in [-0.15, -0.1) is 11.3 Å². The molecular weight excluding hydrogens is 789 g/mol. The second-order valence-corrected chi connectivity index (χ2v) is 17.7. The summed E-state index contributed by atoms with van der Waals surface area (Å²) in [6, 6.07) is 70.2. The van der Waals surface area contributed by atoms with Crippen LogP contribution in [0.3, 0.4) is 0 Å². The van der Waals surface area contributed by atoms with Crippen LogP contribution in [0, 0.1) is 0 Å². The molecule has 63 heavy (non-hydrogen) atoms. The number of thiophene rings is 1. The Balaban J connectivity index is 1.03. The van der Waals surface area contributed by atoms with Gasteiger partial charge in [-0.1, -0.05) is 127 Å². The van der Waals surface area contributed by atoms with Crippen LogP contribution in [0.25, 0.3) is 141 Å². The molecule has 6 heterocycles. The first kappa shape index (κ1) is 33.6. The summed E-state index contributed by atoms with van der Waals surface area (Å²) in [5.41, 5.74) is 15.6. The van der Waals surface area contributed by atoms with Gasteiger partial charge in [0.2, 0.25) is 0 Å². The van der Waals surface area contributed by atoms with Crippen molar-refractivity contribution >= 4 is 115 Å². The number of furan rings is 2. The molecule has 4 nitrogen and oxygen atoms in total. The van der Waals surface area contributed by atoms with E-state index in [0.717, 1.165) is 43.9 Å². The zero-order valence-corrected chi connectivity index (χ0v) is 34.4. The lowest BCUT2D eigenvalue weighted by molar-refractivity contribution is 0.668. The summed E-state index contributed by atoms with van der Waals surface area (Å²) in [4.78, 5) is 2.46. The predicted octanol–water partition coefficient (Wildman–Crippen LogP) is 16.8. The van der Waals surface area contributed by atoms with E-state index >= 15 is 0 Å². The largest absolute Gasteiger partial charge is 0.456 e. The summed E-state index contributed by atoms with van der Waals surface area (Å²) >= 11 is 1.88. The first-order valence-corrected chi connectivity index (χ1v) is 22.2. The fraction of sp³-hybridized carbons (Fsp3) is 0. The normalized spacial score (nSPS) is 12.4. The highest BCUT2D eigenvalue weighted by molar-refractivity contribution is 7.21. The zero-order chi connectivity index (χ0) is 40.9. The molecule has 15 aromatic rings. The topological polar surface area (TPSA) is 35.6 Å². The van der Waals surface area contributed by atoms with E-state index in [0.29, 0.717) is 0 Å². The SMILES string of the molecule is c1ccc(-n2c3ccccc3c3cc(-c4ccc5c(c4)c4cccc6c7c(-c8cccc9oc%10ccccc%10c89)sc(-c8cccc9oc%10ccccc%10c89)c7n5c46)ccc32)cc1. The Hall–Kier alpha value is -8.12. The molecule has 0 fully saturated rings. The molecule has 15 rings (SSSR count). The van der Waals surface area contributed by atoms with Gasteiger partial charge in [0, 0.05) is 75.6 Å². The number of fused-ring (bicyclic) bond motifs is 15. The Bertz CT molecular complexity index is 4380. The van der Waals surface area contributed by atoms with Crippen LogP contribution >= 0.6 is 11.3 Å². The average molecular weight is 821 g/mol. The van der Waals surface area contributed by atoms with E-state index < -0.39 is 0 Å². The monoisotopic (exact) mass is 820 g/mol. The highest BCUT2D eigenvalue weighted by Crippen LogP contribution is 2.54. The lowest BCUT2D eigenvalue weighted by atomic mass is 9.99. The van der Waals surface area contributed by atoms with Crippen molar-refractivity contribution in [3.05, 3.63) is 194 Å². The second kappa shape index (κ2) is 12.3. The third kappa shape index (κ3) is 4.43. The lowest BCUT2D eigenvalue weighted by Crippen LogP contribution is -1.92. The first-order valence-electron chi connectivity index (χ1n) is 21.4. The minimum absolute atomic E-state index is 0.895. The number of hydrogen-bond donors (Lipinski definition) is 0. The standard InChI is InChI=1S/C58H32N2O2S/c1-2-13-35(14-3-1)59-45-22-7-4-15-36(45)43-31-33(27-29-46(43)59)34-28-30-47-44(32-34)37-18-10-19-40-54-56(60(47)55(37)40)58(42-21-12-26-51-53(42)39-17-6-9-24-49(39)62-51)63-57(54)41-20-11-25-50-52(41)38-16-5-8-23-48(38)61-50/h1-32H. The second-order valence-electron chi connectivity index (χ2n) is 16.7. The molecule has 9 aromatic carbocycles. The highest BCUT2D eigenvalue weighted by atomic mass is 32.1. The summed E-state index contributed by atoms with van der Waals surface area (Å²) < 4.78 is 17.9. The third-order valence-corrected chi connectivity index (χ3v) is 14.7. The van der Waals surface area contributed by atoms with E-state index in [2.05, 4.69) is 203 Å². The van der Waals surface area contributed by atoms with E-state index in [4.69, 9.17) is 8.83 Å². The molecule has 0 radical (unpaired) electrons. The summed E-state index contributed by atoms with van der Waals surface area (Å²) in [6.07, 6.45) is 0. The first-order chi connectivity index (χ1) is 31.3. The van der Waals surface area contributed by atoms with Crippen molar-refractivity contribution in [2.24, 2.45) is 0 Å². The minimum Gasteiger partial charge on any atom is -0.456 e. The van der Waals surface area contributed by atoms with Crippen LogP contribution in [0.5, 0.6) is 0 Å². The number of para-hydroxylation sites is 5. The molecule has 0 aliphatic heterocycles. The molecule has 5 heteroatoms. The van der Waals surface area contributed by atoms with Crippen LogP contribution in [0.2, 0.25) is 0 Å². The van der Waals surface area contributed by atoms with Gasteiger partial charge < -0.3 is 17.8 Å². The van der Waals surface area contributed by atoms with Crippen LogP contribution < -0.4 is 0 Å². The van der Waals surface area contributed by atoms with Crippen molar-refractivity contribution in [2.45, 2.75) is 0 Å². The fourth-order valence-electron chi connectivity index (χ4n) is 10.9. The van der Waals surface area contributed by atoms with E-state index in [9.17, 15) is 0 Å². The Morgan fingerprint density at radius 3 is 1.57 bits per heavy atom. The van der Waals surface area contributed by atoms with Crippen LogP contribution in [0.15, 0.2) is 203 Å². The Kier molecular flexibility index (Phi) is 6.53. The van der Waals surface area contributed by atoms with Crippen molar-refractivity contribution in [3.8, 4) is 37.7 Å². The molecule has 0 aliphatic rings. The Morgan fingerprint density at radius 1 is 0.333 bits per heavy atom. The average Bonchev–Trinajstić information content (AvgIpc) is 4.19. The molecular formula is C58H32N2O2S. The summed E-state index contributed by atoms with van der Waals surface area (Å²) in [6.45, 7) is 0. The van der Waals surface area contributed by atoms with Crippen LogP contribution in [0.1, 0.15) is 0 Å². The maximum atomic E-state index is 6.51. The molecule has 0 saturated heterocycles. The van der Waals surface area contributed by atoms with E-state index in [1.807, 2.05) is 11.3 Å². The molecule has 0 bridgehead atoms. The summed E-state index contributed by atoms with van der Waals surface area (Å²) in [7, 11) is 0. The number of aromatic nitrogens is 2. The Morgan fingerprint density at radius 2 is 0.857 bits per heavy atom. The van der Waals surface area contributed by atoms with Gasteiger partial charge >= 0.3 is 0 Å². The van der Waals surface area contributed by atoms with Crippen molar-refractivity contribution in [1.82, 2.24) is 8.97 Å². The summed E-state index contributed by atoms with van der Waals surface area (Å²) in [5.74, 6) is 0. The van der Waals surface area contributed by atoms with Gasteiger partial charge in [0.1, 0.15) is 22.3 Å². The minimum atomic E-state index is 0.895. The Labute approximate surface area is 363 Å². The molecule has 0 spiro atoms. The molecule has 0 N–H and O–H groups in total. The van der Waals surface area contributed by atoms with Crippen molar-refractivity contribution in [1.29, 1.82) is 0 Å². The molecule has 0 aliphatic carbocycles. The zero-order valence-electron chi connectivity index (χ0n) is 33.6. The van der Waals surface area contributed by atoms with Crippen molar-refractivity contribution < 1.29 is 8.83 Å².